The zero-order valence-corrected chi connectivity index (χ0v) is 23.5. The number of benzene rings is 3. The molecule has 0 unspecified atom stereocenters. The van der Waals surface area contributed by atoms with E-state index in [1.807, 2.05) is 26.0 Å². The highest BCUT2D eigenvalue weighted by atomic mass is 32.2. The number of halogens is 1. The van der Waals surface area contributed by atoms with Crippen LogP contribution in [0.5, 0.6) is 0 Å². The molecule has 39 heavy (non-hydrogen) atoms. The summed E-state index contributed by atoms with van der Waals surface area (Å²) in [6.45, 7) is 5.57. The van der Waals surface area contributed by atoms with Gasteiger partial charge in [0.05, 0.1) is 10.6 Å². The standard InChI is InChI=1S/C30H36FN3O4S/c1-4-6-20-32-30(36)23(3)33(21-25-12-16-26(31)17-13-25)29(35)22-34(27-18-14-24(5-2)15-19-27)39(37,38)28-10-8-7-9-11-28/h7-19,23H,4-6,20-22H2,1-3H3,(H,32,36)/t23-/m0/s1. The van der Waals surface area contributed by atoms with Crippen molar-refractivity contribution in [3.63, 3.8) is 0 Å². The third kappa shape index (κ3) is 7.89. The number of anilines is 1. The van der Waals surface area contributed by atoms with E-state index >= 15 is 0 Å². The summed E-state index contributed by atoms with van der Waals surface area (Å²) in [5.41, 5.74) is 1.98. The Kier molecular flexibility index (Phi) is 10.6. The average Bonchev–Trinajstić information content (AvgIpc) is 2.95. The van der Waals surface area contributed by atoms with Crippen LogP contribution in [0.3, 0.4) is 0 Å². The molecule has 0 spiro atoms. The molecule has 0 fully saturated rings. The lowest BCUT2D eigenvalue weighted by molar-refractivity contribution is -0.139. The van der Waals surface area contributed by atoms with Crippen molar-refractivity contribution in [2.24, 2.45) is 0 Å². The first-order chi connectivity index (χ1) is 18.7. The summed E-state index contributed by atoms with van der Waals surface area (Å²) in [5.74, 6) is -1.32. The van der Waals surface area contributed by atoms with Gasteiger partial charge in [-0.05, 0) is 67.3 Å². The van der Waals surface area contributed by atoms with Crippen LogP contribution in [0, 0.1) is 5.82 Å². The number of carbonyl (C=O) groups excluding carboxylic acids is 2. The first-order valence-corrected chi connectivity index (χ1v) is 14.6. The molecule has 0 saturated carbocycles. The van der Waals surface area contributed by atoms with Gasteiger partial charge in [0.1, 0.15) is 18.4 Å². The highest BCUT2D eigenvalue weighted by Crippen LogP contribution is 2.25. The molecule has 0 aromatic heterocycles. The van der Waals surface area contributed by atoms with Crippen molar-refractivity contribution in [2.75, 3.05) is 17.4 Å². The molecule has 208 valence electrons. The molecule has 0 saturated heterocycles. The number of amides is 2. The van der Waals surface area contributed by atoms with E-state index < -0.39 is 34.3 Å². The van der Waals surface area contributed by atoms with Gasteiger partial charge < -0.3 is 10.2 Å². The van der Waals surface area contributed by atoms with Crippen LogP contribution < -0.4 is 9.62 Å². The lowest BCUT2D eigenvalue weighted by atomic mass is 10.1. The van der Waals surface area contributed by atoms with E-state index in [1.54, 1.807) is 49.4 Å². The molecule has 0 radical (unpaired) electrons. The molecule has 3 rings (SSSR count). The van der Waals surface area contributed by atoms with Crippen LogP contribution in [0.2, 0.25) is 0 Å². The molecule has 0 aliphatic heterocycles. The number of carbonyl (C=O) groups is 2. The van der Waals surface area contributed by atoms with Crippen LogP contribution in [0.4, 0.5) is 10.1 Å². The molecule has 1 N–H and O–H groups in total. The Morgan fingerprint density at radius 2 is 1.51 bits per heavy atom. The molecule has 0 aliphatic rings. The molecular weight excluding hydrogens is 517 g/mol. The van der Waals surface area contributed by atoms with Gasteiger partial charge in [0.25, 0.3) is 10.0 Å². The molecule has 0 aliphatic carbocycles. The van der Waals surface area contributed by atoms with Crippen LogP contribution in [-0.2, 0) is 32.6 Å². The first-order valence-electron chi connectivity index (χ1n) is 13.2. The second-order valence-electron chi connectivity index (χ2n) is 9.31. The summed E-state index contributed by atoms with van der Waals surface area (Å²) in [5, 5.41) is 2.84. The fourth-order valence-corrected chi connectivity index (χ4v) is 5.49. The van der Waals surface area contributed by atoms with Crippen LogP contribution in [-0.4, -0.2) is 44.3 Å². The highest BCUT2D eigenvalue weighted by molar-refractivity contribution is 7.92. The SMILES string of the molecule is CCCCNC(=O)[C@H](C)N(Cc1ccc(F)cc1)C(=O)CN(c1ccc(CC)cc1)S(=O)(=O)c1ccccc1. The quantitative estimate of drug-likeness (QED) is 0.305. The predicted molar refractivity (Wildman–Crippen MR) is 151 cm³/mol. The van der Waals surface area contributed by atoms with Gasteiger partial charge in [0.15, 0.2) is 0 Å². The van der Waals surface area contributed by atoms with Gasteiger partial charge in [-0.25, -0.2) is 12.8 Å². The summed E-state index contributed by atoms with van der Waals surface area (Å²) in [7, 11) is -4.11. The summed E-state index contributed by atoms with van der Waals surface area (Å²) >= 11 is 0. The van der Waals surface area contributed by atoms with E-state index in [0.717, 1.165) is 29.1 Å². The van der Waals surface area contributed by atoms with Crippen molar-refractivity contribution in [2.45, 2.75) is 57.5 Å². The van der Waals surface area contributed by atoms with Crippen LogP contribution in [0.25, 0.3) is 0 Å². The van der Waals surface area contributed by atoms with E-state index in [2.05, 4.69) is 5.32 Å². The van der Waals surface area contributed by atoms with Crippen molar-refractivity contribution in [1.29, 1.82) is 0 Å². The number of hydrogen-bond donors (Lipinski definition) is 1. The van der Waals surface area contributed by atoms with Gasteiger partial charge in [-0.3, -0.25) is 13.9 Å². The van der Waals surface area contributed by atoms with Gasteiger partial charge in [-0.15, -0.1) is 0 Å². The fraction of sp³-hybridized carbons (Fsp3) is 0.333. The third-order valence-electron chi connectivity index (χ3n) is 6.51. The summed E-state index contributed by atoms with van der Waals surface area (Å²) in [4.78, 5) is 28.2. The maximum absolute atomic E-state index is 13.8. The number of nitrogens with one attached hydrogen (secondary N) is 1. The Balaban J connectivity index is 1.98. The summed E-state index contributed by atoms with van der Waals surface area (Å²) in [6, 6.07) is 19.7. The topological polar surface area (TPSA) is 86.8 Å². The molecule has 1 atom stereocenters. The zero-order valence-electron chi connectivity index (χ0n) is 22.6. The molecule has 0 bridgehead atoms. The van der Waals surface area contributed by atoms with Gasteiger partial charge >= 0.3 is 0 Å². The van der Waals surface area contributed by atoms with Crippen LogP contribution in [0.15, 0.2) is 83.8 Å². The molecule has 2 amide bonds. The summed E-state index contributed by atoms with van der Waals surface area (Å²) < 4.78 is 42.1. The number of nitrogens with zero attached hydrogens (tertiary/aromatic N) is 2. The smallest absolute Gasteiger partial charge is 0.264 e. The lowest BCUT2D eigenvalue weighted by Gasteiger charge is -2.32. The fourth-order valence-electron chi connectivity index (χ4n) is 4.05. The normalized spacial score (nSPS) is 12.0. The van der Waals surface area contributed by atoms with Crippen molar-refractivity contribution >= 4 is 27.5 Å². The van der Waals surface area contributed by atoms with Gasteiger partial charge in [0, 0.05) is 13.1 Å². The van der Waals surface area contributed by atoms with Crippen molar-refractivity contribution in [1.82, 2.24) is 10.2 Å². The third-order valence-corrected chi connectivity index (χ3v) is 8.29. The van der Waals surface area contributed by atoms with E-state index in [9.17, 15) is 22.4 Å². The molecule has 9 heteroatoms. The maximum atomic E-state index is 13.8. The first kappa shape index (κ1) is 29.8. The Bertz CT molecular complexity index is 1330. The Morgan fingerprint density at radius 3 is 2.10 bits per heavy atom. The number of hydrogen-bond acceptors (Lipinski definition) is 4. The molecular formula is C30H36FN3O4S. The number of sulfonamides is 1. The maximum Gasteiger partial charge on any atom is 0.264 e. The van der Waals surface area contributed by atoms with Gasteiger partial charge in [-0.2, -0.15) is 0 Å². The number of rotatable bonds is 13. The Hall–Kier alpha value is -3.72. The van der Waals surface area contributed by atoms with Crippen molar-refractivity contribution in [3.05, 3.63) is 95.8 Å². The second kappa shape index (κ2) is 13.9. The zero-order chi connectivity index (χ0) is 28.4. The summed E-state index contributed by atoms with van der Waals surface area (Å²) in [6.07, 6.45) is 2.47. The Morgan fingerprint density at radius 1 is 0.897 bits per heavy atom. The number of unbranched alkanes of at least 4 members (excludes halogenated alkanes) is 1. The predicted octanol–water partition coefficient (Wildman–Crippen LogP) is 4.92. The minimum absolute atomic E-state index is 0.00940. The minimum atomic E-state index is -4.11. The van der Waals surface area contributed by atoms with E-state index in [1.165, 1.54) is 29.2 Å². The van der Waals surface area contributed by atoms with E-state index in [0.29, 0.717) is 17.8 Å². The second-order valence-corrected chi connectivity index (χ2v) is 11.2. The van der Waals surface area contributed by atoms with Crippen molar-refractivity contribution in [3.8, 4) is 0 Å². The van der Waals surface area contributed by atoms with Gasteiger partial charge in [-0.1, -0.05) is 62.7 Å². The lowest BCUT2D eigenvalue weighted by Crippen LogP contribution is -2.51. The molecule has 3 aromatic rings. The minimum Gasteiger partial charge on any atom is -0.354 e. The van der Waals surface area contributed by atoms with E-state index in [-0.39, 0.29) is 17.3 Å². The monoisotopic (exact) mass is 553 g/mol. The van der Waals surface area contributed by atoms with Crippen LogP contribution >= 0.6 is 0 Å². The Labute approximate surface area is 230 Å². The molecule has 3 aromatic carbocycles. The van der Waals surface area contributed by atoms with Crippen molar-refractivity contribution < 1.29 is 22.4 Å². The van der Waals surface area contributed by atoms with Gasteiger partial charge in [0.2, 0.25) is 11.8 Å². The largest absolute Gasteiger partial charge is 0.354 e. The molecule has 7 nitrogen and oxygen atoms in total. The number of aryl methyl sites for hydroxylation is 1. The average molecular weight is 554 g/mol. The molecule has 0 heterocycles. The highest BCUT2D eigenvalue weighted by Gasteiger charge is 2.32. The van der Waals surface area contributed by atoms with Crippen LogP contribution in [0.1, 0.15) is 44.7 Å². The van der Waals surface area contributed by atoms with E-state index in [4.69, 9.17) is 0 Å².